The van der Waals surface area contributed by atoms with Gasteiger partial charge in [0.1, 0.15) is 0 Å². The van der Waals surface area contributed by atoms with Crippen molar-refractivity contribution in [1.29, 1.82) is 0 Å². The third kappa shape index (κ3) is 4.01. The van der Waals surface area contributed by atoms with Crippen molar-refractivity contribution in [1.82, 2.24) is 20.2 Å². The summed E-state index contributed by atoms with van der Waals surface area (Å²) in [6.45, 7) is 0.642. The van der Waals surface area contributed by atoms with E-state index in [0.717, 1.165) is 30.4 Å². The number of anilines is 1. The molecule has 1 aliphatic heterocycles. The second-order valence-electron chi connectivity index (χ2n) is 6.73. The van der Waals surface area contributed by atoms with Gasteiger partial charge in [0, 0.05) is 35.4 Å². The molecule has 1 aromatic carbocycles. The van der Waals surface area contributed by atoms with E-state index in [9.17, 15) is 4.79 Å². The average molecular weight is 382 g/mol. The van der Waals surface area contributed by atoms with Gasteiger partial charge in [0.05, 0.1) is 0 Å². The summed E-state index contributed by atoms with van der Waals surface area (Å²) in [6.07, 6.45) is 6.95. The van der Waals surface area contributed by atoms with E-state index in [1.807, 2.05) is 36.4 Å². The molecule has 1 fully saturated rings. The van der Waals surface area contributed by atoms with E-state index in [0.29, 0.717) is 29.8 Å². The fraction of sp³-hybridized carbons (Fsp3) is 0.300. The minimum atomic E-state index is -0.0726. The third-order valence-corrected chi connectivity index (χ3v) is 5.12. The maximum atomic E-state index is 13.2. The number of aromatic nitrogens is 4. The number of aromatic amines is 1. The Morgan fingerprint density at radius 2 is 1.89 bits per heavy atom. The zero-order valence-electron chi connectivity index (χ0n) is 14.8. The number of H-pyrrole nitrogens is 1. The molecule has 0 spiro atoms. The van der Waals surface area contributed by atoms with Gasteiger partial charge in [-0.1, -0.05) is 30.2 Å². The topological polar surface area (TPSA) is 74.8 Å². The molecule has 1 atom stereocenters. The lowest BCUT2D eigenvalue weighted by Gasteiger charge is -2.21. The average Bonchev–Trinajstić information content (AvgIpc) is 3.11. The molecule has 138 valence electrons. The van der Waals surface area contributed by atoms with Crippen LogP contribution in [0.15, 0.2) is 48.8 Å². The van der Waals surface area contributed by atoms with Crippen LogP contribution < -0.4 is 4.90 Å². The van der Waals surface area contributed by atoms with E-state index >= 15 is 0 Å². The van der Waals surface area contributed by atoms with Crippen LogP contribution in [0.1, 0.15) is 24.8 Å². The summed E-state index contributed by atoms with van der Waals surface area (Å²) in [5.41, 5.74) is 2.01. The van der Waals surface area contributed by atoms with Crippen LogP contribution in [0.4, 0.5) is 5.95 Å². The Bertz CT molecular complexity index is 910. The molecule has 2 aromatic heterocycles. The summed E-state index contributed by atoms with van der Waals surface area (Å²) in [5.74, 6) is 1.09. The van der Waals surface area contributed by atoms with E-state index < -0.39 is 0 Å². The van der Waals surface area contributed by atoms with E-state index in [-0.39, 0.29) is 11.8 Å². The van der Waals surface area contributed by atoms with E-state index in [1.54, 1.807) is 17.3 Å². The van der Waals surface area contributed by atoms with Crippen molar-refractivity contribution < 1.29 is 4.79 Å². The molecule has 7 heteroatoms. The van der Waals surface area contributed by atoms with Gasteiger partial charge in [-0.15, -0.1) is 5.10 Å². The Kier molecular flexibility index (Phi) is 5.16. The molecule has 6 nitrogen and oxygen atoms in total. The Morgan fingerprint density at radius 3 is 2.67 bits per heavy atom. The Labute approximate surface area is 162 Å². The highest BCUT2D eigenvalue weighted by molar-refractivity contribution is 6.30. The normalized spacial score (nSPS) is 17.7. The lowest BCUT2D eigenvalue weighted by atomic mass is 9.94. The summed E-state index contributed by atoms with van der Waals surface area (Å²) >= 11 is 5.97. The molecule has 3 aromatic rings. The van der Waals surface area contributed by atoms with Crippen molar-refractivity contribution in [3.05, 3.63) is 59.4 Å². The minimum Gasteiger partial charge on any atom is -0.279 e. The number of halogens is 1. The first-order valence-corrected chi connectivity index (χ1v) is 9.47. The Hall–Kier alpha value is -2.73. The molecular weight excluding hydrogens is 362 g/mol. The van der Waals surface area contributed by atoms with Gasteiger partial charge in [0.25, 0.3) is 5.95 Å². The van der Waals surface area contributed by atoms with E-state index in [4.69, 9.17) is 11.6 Å². The number of rotatable bonds is 4. The first kappa shape index (κ1) is 17.7. The molecule has 0 bridgehead atoms. The van der Waals surface area contributed by atoms with Gasteiger partial charge in [0.2, 0.25) is 5.91 Å². The largest absolute Gasteiger partial charge is 0.279 e. The molecule has 1 saturated heterocycles. The number of amides is 1. The van der Waals surface area contributed by atoms with Gasteiger partial charge >= 0.3 is 0 Å². The molecule has 0 radical (unpaired) electrons. The van der Waals surface area contributed by atoms with Crippen LogP contribution in [-0.2, 0) is 11.2 Å². The first-order chi connectivity index (χ1) is 13.2. The lowest BCUT2D eigenvalue weighted by Crippen LogP contribution is -2.36. The standard InChI is InChI=1S/C20H20ClN5O/c21-17-6-4-14(5-7-17)13-16-3-1-2-12-26(19(16)27)20-23-18(24-25-20)15-8-10-22-11-9-15/h4-11,16H,1-3,12-13H2,(H,23,24,25). The number of nitrogens with zero attached hydrogens (tertiary/aromatic N) is 4. The molecule has 1 aliphatic rings. The number of carbonyl (C=O) groups is 1. The molecule has 1 unspecified atom stereocenters. The summed E-state index contributed by atoms with van der Waals surface area (Å²) < 4.78 is 0. The molecule has 1 N–H and O–H groups in total. The molecule has 1 amide bonds. The fourth-order valence-corrected chi connectivity index (χ4v) is 3.55. The number of nitrogens with one attached hydrogen (secondary N) is 1. The quantitative estimate of drug-likeness (QED) is 0.743. The molecule has 0 aliphatic carbocycles. The predicted molar refractivity (Wildman–Crippen MR) is 104 cm³/mol. The third-order valence-electron chi connectivity index (χ3n) is 4.86. The molecular formula is C20H20ClN5O. The predicted octanol–water partition coefficient (Wildman–Crippen LogP) is 3.90. The summed E-state index contributed by atoms with van der Waals surface area (Å²) in [7, 11) is 0. The summed E-state index contributed by atoms with van der Waals surface area (Å²) in [4.78, 5) is 23.4. The number of pyridine rings is 1. The second kappa shape index (κ2) is 7.88. The van der Waals surface area contributed by atoms with Crippen LogP contribution in [0.5, 0.6) is 0 Å². The SMILES string of the molecule is O=C1C(Cc2ccc(Cl)cc2)CCCCN1c1n[nH]c(-c2ccncc2)n1. The van der Waals surface area contributed by atoms with Crippen molar-refractivity contribution in [3.63, 3.8) is 0 Å². The maximum absolute atomic E-state index is 13.2. The van der Waals surface area contributed by atoms with Crippen molar-refractivity contribution in [3.8, 4) is 11.4 Å². The molecule has 27 heavy (non-hydrogen) atoms. The fourth-order valence-electron chi connectivity index (χ4n) is 3.42. The monoisotopic (exact) mass is 381 g/mol. The van der Waals surface area contributed by atoms with Crippen molar-refractivity contribution >= 4 is 23.5 Å². The highest BCUT2D eigenvalue weighted by atomic mass is 35.5. The van der Waals surface area contributed by atoms with Crippen LogP contribution in [0, 0.1) is 5.92 Å². The van der Waals surface area contributed by atoms with E-state index in [1.165, 1.54) is 0 Å². The van der Waals surface area contributed by atoms with E-state index in [2.05, 4.69) is 20.2 Å². The lowest BCUT2D eigenvalue weighted by molar-refractivity contribution is -0.122. The van der Waals surface area contributed by atoms with Gasteiger partial charge in [-0.25, -0.2) is 0 Å². The molecule has 0 saturated carbocycles. The highest BCUT2D eigenvalue weighted by Gasteiger charge is 2.30. The van der Waals surface area contributed by atoms with Gasteiger partial charge in [-0.05, 0) is 49.1 Å². The second-order valence-corrected chi connectivity index (χ2v) is 7.17. The van der Waals surface area contributed by atoms with Crippen molar-refractivity contribution in [2.75, 3.05) is 11.4 Å². The van der Waals surface area contributed by atoms with Crippen LogP contribution >= 0.6 is 11.6 Å². The van der Waals surface area contributed by atoms with Gasteiger partial charge in [-0.2, -0.15) is 4.98 Å². The molecule has 4 rings (SSSR count). The zero-order chi connectivity index (χ0) is 18.6. The van der Waals surface area contributed by atoms with Crippen LogP contribution in [0.3, 0.4) is 0 Å². The maximum Gasteiger partial charge on any atom is 0.251 e. The van der Waals surface area contributed by atoms with Gasteiger partial charge in [-0.3, -0.25) is 19.8 Å². The van der Waals surface area contributed by atoms with Crippen LogP contribution in [-0.4, -0.2) is 32.6 Å². The first-order valence-electron chi connectivity index (χ1n) is 9.09. The van der Waals surface area contributed by atoms with Gasteiger partial charge < -0.3 is 0 Å². The highest BCUT2D eigenvalue weighted by Crippen LogP contribution is 2.26. The van der Waals surface area contributed by atoms with Crippen molar-refractivity contribution in [2.24, 2.45) is 5.92 Å². The Balaban J connectivity index is 1.54. The van der Waals surface area contributed by atoms with Crippen LogP contribution in [0.2, 0.25) is 5.02 Å². The number of hydrogen-bond donors (Lipinski definition) is 1. The Morgan fingerprint density at radius 1 is 1.11 bits per heavy atom. The summed E-state index contributed by atoms with van der Waals surface area (Å²) in [6, 6.07) is 11.4. The number of benzene rings is 1. The minimum absolute atomic E-state index is 0.0726. The van der Waals surface area contributed by atoms with Gasteiger partial charge in [0.15, 0.2) is 5.82 Å². The van der Waals surface area contributed by atoms with Crippen LogP contribution in [0.25, 0.3) is 11.4 Å². The zero-order valence-corrected chi connectivity index (χ0v) is 15.6. The van der Waals surface area contributed by atoms with Crippen molar-refractivity contribution in [2.45, 2.75) is 25.7 Å². The number of carbonyl (C=O) groups excluding carboxylic acids is 1. The smallest absolute Gasteiger partial charge is 0.251 e. The molecule has 3 heterocycles. The summed E-state index contributed by atoms with van der Waals surface area (Å²) in [5, 5.41) is 7.93. The number of hydrogen-bond acceptors (Lipinski definition) is 4.